The third-order valence-corrected chi connectivity index (χ3v) is 4.47. The monoisotopic (exact) mass is 363 g/mol. The number of nitrogens with one attached hydrogen (secondary N) is 1. The van der Waals surface area contributed by atoms with Gasteiger partial charge in [0.15, 0.2) is 0 Å². The van der Waals surface area contributed by atoms with Crippen molar-refractivity contribution >= 4 is 45.3 Å². The molecule has 2 aromatic rings. The van der Waals surface area contributed by atoms with Crippen LogP contribution >= 0.6 is 27.7 Å². The fourth-order valence-electron chi connectivity index (χ4n) is 1.88. The first-order valence-corrected chi connectivity index (χ1v) is 7.94. The van der Waals surface area contributed by atoms with E-state index in [0.29, 0.717) is 22.8 Å². The number of fused-ring (bicyclic) bond motifs is 1. The Labute approximate surface area is 134 Å². The van der Waals surface area contributed by atoms with E-state index in [1.54, 1.807) is 36.4 Å². The van der Waals surface area contributed by atoms with Crippen LogP contribution < -0.4 is 10.1 Å². The Hall–Kier alpha value is -1.79. The molecule has 0 spiro atoms. The van der Waals surface area contributed by atoms with Gasteiger partial charge in [-0.1, -0.05) is 15.9 Å². The Balaban J connectivity index is 1.80. The number of rotatable bonds is 2. The zero-order valence-corrected chi connectivity index (χ0v) is 13.2. The van der Waals surface area contributed by atoms with Gasteiger partial charge in [0.05, 0.1) is 17.0 Å². The number of esters is 1. The molecule has 0 bridgehead atoms. The first kappa shape index (κ1) is 14.2. The highest BCUT2D eigenvalue weighted by Gasteiger charge is 2.18. The van der Waals surface area contributed by atoms with Gasteiger partial charge >= 0.3 is 5.97 Å². The highest BCUT2D eigenvalue weighted by Crippen LogP contribution is 2.32. The molecule has 0 fully saturated rings. The van der Waals surface area contributed by atoms with Crippen molar-refractivity contribution in [3.05, 3.63) is 52.5 Å². The van der Waals surface area contributed by atoms with E-state index >= 15 is 0 Å². The zero-order chi connectivity index (χ0) is 14.8. The summed E-state index contributed by atoms with van der Waals surface area (Å²) in [4.78, 5) is 24.4. The summed E-state index contributed by atoms with van der Waals surface area (Å²) in [5.41, 5.74) is 1.06. The number of amides is 1. The highest BCUT2D eigenvalue weighted by atomic mass is 79.9. The Kier molecular flexibility index (Phi) is 3.98. The SMILES string of the molecule is O=C1CSc2ccc(C(=O)Oc3ccc(Br)cc3)cc2N1. The van der Waals surface area contributed by atoms with Crippen LogP contribution in [0.1, 0.15) is 10.4 Å². The number of benzene rings is 2. The van der Waals surface area contributed by atoms with Crippen molar-refractivity contribution in [2.24, 2.45) is 0 Å². The number of carbonyl (C=O) groups is 2. The van der Waals surface area contributed by atoms with Crippen molar-refractivity contribution in [3.63, 3.8) is 0 Å². The number of ether oxygens (including phenoxy) is 1. The molecule has 1 amide bonds. The van der Waals surface area contributed by atoms with Gasteiger partial charge in [-0.3, -0.25) is 4.79 Å². The van der Waals surface area contributed by atoms with Crippen LogP contribution in [0.2, 0.25) is 0 Å². The Bertz CT molecular complexity index is 715. The van der Waals surface area contributed by atoms with Crippen LogP contribution in [0.4, 0.5) is 5.69 Å². The van der Waals surface area contributed by atoms with Gasteiger partial charge < -0.3 is 10.1 Å². The Morgan fingerprint density at radius 1 is 1.19 bits per heavy atom. The second-order valence-electron chi connectivity index (χ2n) is 4.39. The topological polar surface area (TPSA) is 55.4 Å². The number of anilines is 1. The predicted octanol–water partition coefficient (Wildman–Crippen LogP) is 3.71. The van der Waals surface area contributed by atoms with E-state index in [9.17, 15) is 9.59 Å². The van der Waals surface area contributed by atoms with Gasteiger partial charge in [-0.25, -0.2) is 4.79 Å². The number of thioether (sulfide) groups is 1. The Morgan fingerprint density at radius 2 is 1.95 bits per heavy atom. The van der Waals surface area contributed by atoms with Crippen molar-refractivity contribution in [3.8, 4) is 5.75 Å². The molecule has 0 saturated carbocycles. The van der Waals surface area contributed by atoms with Crippen LogP contribution in [0.3, 0.4) is 0 Å². The molecule has 2 aromatic carbocycles. The van der Waals surface area contributed by atoms with Crippen LogP contribution in [-0.4, -0.2) is 17.6 Å². The lowest BCUT2D eigenvalue weighted by atomic mass is 10.2. The summed E-state index contributed by atoms with van der Waals surface area (Å²) in [5.74, 6) is 0.352. The second-order valence-corrected chi connectivity index (χ2v) is 6.32. The molecule has 1 heterocycles. The fourth-order valence-corrected chi connectivity index (χ4v) is 2.93. The molecule has 3 rings (SSSR count). The lowest BCUT2D eigenvalue weighted by Crippen LogP contribution is -2.19. The van der Waals surface area contributed by atoms with E-state index < -0.39 is 5.97 Å². The molecule has 1 N–H and O–H groups in total. The molecule has 0 saturated heterocycles. The molecule has 21 heavy (non-hydrogen) atoms. The van der Waals surface area contributed by atoms with Gasteiger partial charge in [0, 0.05) is 9.37 Å². The molecule has 0 radical (unpaired) electrons. The summed E-state index contributed by atoms with van der Waals surface area (Å²) < 4.78 is 6.21. The van der Waals surface area contributed by atoms with E-state index in [-0.39, 0.29) is 5.91 Å². The molecule has 4 nitrogen and oxygen atoms in total. The molecule has 0 aliphatic carbocycles. The molecule has 1 aliphatic heterocycles. The molecular weight excluding hydrogens is 354 g/mol. The van der Waals surface area contributed by atoms with Crippen LogP contribution in [0.25, 0.3) is 0 Å². The lowest BCUT2D eigenvalue weighted by Gasteiger charge is -2.16. The maximum absolute atomic E-state index is 12.1. The zero-order valence-electron chi connectivity index (χ0n) is 10.8. The van der Waals surface area contributed by atoms with Crippen molar-refractivity contribution in [2.75, 3.05) is 11.1 Å². The first-order valence-electron chi connectivity index (χ1n) is 6.16. The number of hydrogen-bond acceptors (Lipinski definition) is 4. The molecule has 0 unspecified atom stereocenters. The summed E-state index contributed by atoms with van der Waals surface area (Å²) in [6.45, 7) is 0. The van der Waals surface area contributed by atoms with Gasteiger partial charge in [-0.2, -0.15) is 0 Å². The summed E-state index contributed by atoms with van der Waals surface area (Å²) >= 11 is 4.77. The van der Waals surface area contributed by atoms with E-state index in [2.05, 4.69) is 21.2 Å². The minimum atomic E-state index is -0.454. The van der Waals surface area contributed by atoms with Crippen LogP contribution in [0.15, 0.2) is 51.8 Å². The number of carbonyl (C=O) groups excluding carboxylic acids is 2. The van der Waals surface area contributed by atoms with Crippen molar-refractivity contribution in [1.82, 2.24) is 0 Å². The minimum Gasteiger partial charge on any atom is -0.423 e. The molecule has 6 heteroatoms. The highest BCUT2D eigenvalue weighted by molar-refractivity contribution is 9.10. The maximum Gasteiger partial charge on any atom is 0.343 e. The third-order valence-electron chi connectivity index (χ3n) is 2.87. The van der Waals surface area contributed by atoms with Crippen LogP contribution in [0, 0.1) is 0 Å². The quantitative estimate of drug-likeness (QED) is 0.652. The minimum absolute atomic E-state index is 0.0640. The van der Waals surface area contributed by atoms with Crippen LogP contribution in [-0.2, 0) is 4.79 Å². The normalized spacial score (nSPS) is 13.3. The second kappa shape index (κ2) is 5.91. The molecular formula is C15H10BrNO3S. The van der Waals surface area contributed by atoms with E-state index in [1.807, 2.05) is 6.07 Å². The average Bonchev–Trinajstić information content (AvgIpc) is 2.48. The van der Waals surface area contributed by atoms with Gasteiger partial charge in [-0.05, 0) is 42.5 Å². The lowest BCUT2D eigenvalue weighted by molar-refractivity contribution is -0.113. The third kappa shape index (κ3) is 3.28. The summed E-state index contributed by atoms with van der Waals surface area (Å²) in [6.07, 6.45) is 0. The summed E-state index contributed by atoms with van der Waals surface area (Å²) in [6, 6.07) is 12.2. The summed E-state index contributed by atoms with van der Waals surface area (Å²) in [5, 5.41) is 2.75. The number of halogens is 1. The largest absolute Gasteiger partial charge is 0.423 e. The van der Waals surface area contributed by atoms with Gasteiger partial charge in [0.25, 0.3) is 0 Å². The standard InChI is InChI=1S/C15H10BrNO3S/c16-10-2-4-11(5-3-10)20-15(19)9-1-6-13-12(7-9)17-14(18)8-21-13/h1-7H,8H2,(H,17,18). The maximum atomic E-state index is 12.1. The average molecular weight is 364 g/mol. The summed E-state index contributed by atoms with van der Waals surface area (Å²) in [7, 11) is 0. The predicted molar refractivity (Wildman–Crippen MR) is 84.9 cm³/mol. The van der Waals surface area contributed by atoms with E-state index in [0.717, 1.165) is 9.37 Å². The van der Waals surface area contributed by atoms with Gasteiger partial charge in [0.2, 0.25) is 5.91 Å². The van der Waals surface area contributed by atoms with Crippen molar-refractivity contribution in [1.29, 1.82) is 0 Å². The molecule has 0 aromatic heterocycles. The van der Waals surface area contributed by atoms with Gasteiger partial charge in [0.1, 0.15) is 5.75 Å². The van der Waals surface area contributed by atoms with Crippen molar-refractivity contribution in [2.45, 2.75) is 4.90 Å². The molecule has 1 aliphatic rings. The molecule has 0 atom stereocenters. The van der Waals surface area contributed by atoms with E-state index in [1.165, 1.54) is 11.8 Å². The first-order chi connectivity index (χ1) is 10.1. The molecule has 106 valence electrons. The number of hydrogen-bond donors (Lipinski definition) is 1. The smallest absolute Gasteiger partial charge is 0.343 e. The Morgan fingerprint density at radius 3 is 2.71 bits per heavy atom. The van der Waals surface area contributed by atoms with Crippen LogP contribution in [0.5, 0.6) is 5.75 Å². The van der Waals surface area contributed by atoms with E-state index in [4.69, 9.17) is 4.74 Å². The fraction of sp³-hybridized carbons (Fsp3) is 0.0667. The van der Waals surface area contributed by atoms with Gasteiger partial charge in [-0.15, -0.1) is 11.8 Å². The van der Waals surface area contributed by atoms with Crippen molar-refractivity contribution < 1.29 is 14.3 Å².